The molecular weight excluding hydrogens is 340 g/mol. The zero-order valence-electron chi connectivity index (χ0n) is 16.4. The summed E-state index contributed by atoms with van der Waals surface area (Å²) in [6.45, 7) is 8.18. The van der Waals surface area contributed by atoms with Crippen LogP contribution in [0.5, 0.6) is 11.5 Å². The molecule has 0 unspecified atom stereocenters. The molecule has 1 N–H and O–H groups in total. The second kappa shape index (κ2) is 8.91. The van der Waals surface area contributed by atoms with E-state index < -0.39 is 0 Å². The minimum atomic E-state index is 0.166. The van der Waals surface area contributed by atoms with Crippen LogP contribution in [0.15, 0.2) is 36.4 Å². The highest BCUT2D eigenvalue weighted by molar-refractivity contribution is 5.78. The molecule has 27 heavy (non-hydrogen) atoms. The first-order valence-corrected chi connectivity index (χ1v) is 9.56. The third kappa shape index (κ3) is 4.42. The normalized spacial score (nSPS) is 11.1. The molecule has 0 bridgehead atoms. The number of rotatable bonds is 9. The molecule has 1 aromatic heterocycles. The first-order valence-electron chi connectivity index (χ1n) is 9.56. The predicted octanol–water partition coefficient (Wildman–Crippen LogP) is 4.06. The van der Waals surface area contributed by atoms with Crippen molar-refractivity contribution < 1.29 is 14.6 Å². The van der Waals surface area contributed by atoms with Crippen molar-refractivity contribution in [1.82, 2.24) is 9.55 Å². The van der Waals surface area contributed by atoms with E-state index >= 15 is 0 Å². The largest absolute Gasteiger partial charge is 0.490 e. The fraction of sp³-hybridized carbons (Fsp3) is 0.409. The van der Waals surface area contributed by atoms with Gasteiger partial charge in [-0.3, -0.25) is 0 Å². The molecule has 3 rings (SSSR count). The van der Waals surface area contributed by atoms with Crippen LogP contribution in [0.1, 0.15) is 30.3 Å². The van der Waals surface area contributed by atoms with Gasteiger partial charge in [-0.05, 0) is 62.6 Å². The van der Waals surface area contributed by atoms with E-state index in [-0.39, 0.29) is 6.61 Å². The standard InChI is InChI=1S/C22H28N2O3/c1-4-26-20-8-5-6-9-21(20)27-13-11-24-19-15-17(3)16(2)14-18(19)23-22(24)10-7-12-25/h5-6,8-9,14-15,25H,4,7,10-13H2,1-3H3. The van der Waals surface area contributed by atoms with Crippen molar-refractivity contribution in [3.8, 4) is 11.5 Å². The van der Waals surface area contributed by atoms with Crippen LogP contribution in [0.2, 0.25) is 0 Å². The third-order valence-corrected chi connectivity index (χ3v) is 4.72. The van der Waals surface area contributed by atoms with Crippen molar-refractivity contribution in [2.75, 3.05) is 19.8 Å². The maximum atomic E-state index is 9.21. The lowest BCUT2D eigenvalue weighted by Gasteiger charge is -2.13. The minimum absolute atomic E-state index is 0.166. The Morgan fingerprint density at radius 2 is 1.74 bits per heavy atom. The van der Waals surface area contributed by atoms with Crippen molar-refractivity contribution in [2.24, 2.45) is 0 Å². The zero-order valence-corrected chi connectivity index (χ0v) is 16.4. The number of benzene rings is 2. The highest BCUT2D eigenvalue weighted by atomic mass is 16.5. The van der Waals surface area contributed by atoms with Gasteiger partial charge in [0.05, 0.1) is 24.2 Å². The number of ether oxygens (including phenoxy) is 2. The van der Waals surface area contributed by atoms with Crippen LogP contribution < -0.4 is 9.47 Å². The van der Waals surface area contributed by atoms with E-state index in [0.717, 1.165) is 34.8 Å². The SMILES string of the molecule is CCOc1ccccc1OCCn1c(CCCO)nc2cc(C)c(C)cc21. The molecular formula is C22H28N2O3. The van der Waals surface area contributed by atoms with E-state index in [1.54, 1.807) is 0 Å². The second-order valence-electron chi connectivity index (χ2n) is 6.66. The van der Waals surface area contributed by atoms with Gasteiger partial charge in [-0.15, -0.1) is 0 Å². The van der Waals surface area contributed by atoms with Gasteiger partial charge in [0.25, 0.3) is 0 Å². The predicted molar refractivity (Wildman–Crippen MR) is 108 cm³/mol. The monoisotopic (exact) mass is 368 g/mol. The van der Waals surface area contributed by atoms with Gasteiger partial charge in [0.15, 0.2) is 11.5 Å². The Morgan fingerprint density at radius 1 is 1.04 bits per heavy atom. The maximum Gasteiger partial charge on any atom is 0.161 e. The molecule has 0 aliphatic rings. The summed E-state index contributed by atoms with van der Waals surface area (Å²) in [5, 5.41) is 9.21. The van der Waals surface area contributed by atoms with Gasteiger partial charge in [0, 0.05) is 13.0 Å². The Hall–Kier alpha value is -2.53. The highest BCUT2D eigenvalue weighted by Gasteiger charge is 2.12. The number of imidazole rings is 1. The number of aliphatic hydroxyl groups excluding tert-OH is 1. The van der Waals surface area contributed by atoms with E-state index in [9.17, 15) is 5.11 Å². The van der Waals surface area contributed by atoms with Crippen LogP contribution in [0.3, 0.4) is 0 Å². The molecule has 0 radical (unpaired) electrons. The topological polar surface area (TPSA) is 56.5 Å². The lowest BCUT2D eigenvalue weighted by Crippen LogP contribution is -2.12. The molecule has 0 atom stereocenters. The van der Waals surface area contributed by atoms with Crippen LogP contribution in [-0.4, -0.2) is 34.5 Å². The van der Waals surface area contributed by atoms with Crippen LogP contribution in [0.25, 0.3) is 11.0 Å². The van der Waals surface area contributed by atoms with Crippen molar-refractivity contribution in [3.05, 3.63) is 53.3 Å². The summed E-state index contributed by atoms with van der Waals surface area (Å²) in [7, 11) is 0. The summed E-state index contributed by atoms with van der Waals surface area (Å²) in [6.07, 6.45) is 1.45. The van der Waals surface area contributed by atoms with Crippen LogP contribution in [-0.2, 0) is 13.0 Å². The fourth-order valence-corrected chi connectivity index (χ4v) is 3.20. The number of hydrogen-bond donors (Lipinski definition) is 1. The number of aryl methyl sites for hydroxylation is 3. The minimum Gasteiger partial charge on any atom is -0.490 e. The van der Waals surface area contributed by atoms with Crippen molar-refractivity contribution >= 4 is 11.0 Å². The smallest absolute Gasteiger partial charge is 0.161 e. The lowest BCUT2D eigenvalue weighted by atomic mass is 10.1. The molecule has 0 spiro atoms. The Labute approximate surface area is 160 Å². The molecule has 0 aliphatic heterocycles. The third-order valence-electron chi connectivity index (χ3n) is 4.72. The molecule has 1 heterocycles. The summed E-state index contributed by atoms with van der Waals surface area (Å²) < 4.78 is 13.8. The first-order chi connectivity index (χ1) is 13.1. The Morgan fingerprint density at radius 3 is 2.44 bits per heavy atom. The highest BCUT2D eigenvalue weighted by Crippen LogP contribution is 2.27. The Kier molecular flexibility index (Phi) is 6.35. The Balaban J connectivity index is 1.82. The fourth-order valence-electron chi connectivity index (χ4n) is 3.20. The lowest BCUT2D eigenvalue weighted by molar-refractivity contribution is 0.265. The summed E-state index contributed by atoms with van der Waals surface area (Å²) in [6, 6.07) is 12.1. The second-order valence-corrected chi connectivity index (χ2v) is 6.66. The molecule has 0 saturated heterocycles. The van der Waals surface area contributed by atoms with Crippen molar-refractivity contribution in [2.45, 2.75) is 40.2 Å². The molecule has 144 valence electrons. The van der Waals surface area contributed by atoms with Crippen LogP contribution in [0.4, 0.5) is 0 Å². The van der Waals surface area contributed by atoms with Gasteiger partial charge < -0.3 is 19.1 Å². The molecule has 5 nitrogen and oxygen atoms in total. The van der Waals surface area contributed by atoms with Gasteiger partial charge in [-0.1, -0.05) is 12.1 Å². The quantitative estimate of drug-likeness (QED) is 0.619. The van der Waals surface area contributed by atoms with Crippen LogP contribution in [0, 0.1) is 13.8 Å². The summed E-state index contributed by atoms with van der Waals surface area (Å²) >= 11 is 0. The van der Waals surface area contributed by atoms with Gasteiger partial charge >= 0.3 is 0 Å². The molecule has 2 aromatic carbocycles. The molecule has 0 saturated carbocycles. The maximum absolute atomic E-state index is 9.21. The van der Waals surface area contributed by atoms with E-state index in [0.29, 0.717) is 26.2 Å². The Bertz CT molecular complexity index is 902. The van der Waals surface area contributed by atoms with Crippen molar-refractivity contribution in [1.29, 1.82) is 0 Å². The van der Waals surface area contributed by atoms with E-state index in [2.05, 4.69) is 30.5 Å². The van der Waals surface area contributed by atoms with Gasteiger partial charge in [0.1, 0.15) is 12.4 Å². The number of nitrogens with zero attached hydrogens (tertiary/aromatic N) is 2. The number of aliphatic hydroxyl groups is 1. The summed E-state index contributed by atoms with van der Waals surface area (Å²) in [5.74, 6) is 2.51. The number of aromatic nitrogens is 2. The van der Waals surface area contributed by atoms with E-state index in [1.807, 2.05) is 31.2 Å². The molecule has 5 heteroatoms. The number of hydrogen-bond acceptors (Lipinski definition) is 4. The van der Waals surface area contributed by atoms with Gasteiger partial charge in [0.2, 0.25) is 0 Å². The number of fused-ring (bicyclic) bond motifs is 1. The van der Waals surface area contributed by atoms with E-state index in [4.69, 9.17) is 14.5 Å². The molecule has 3 aromatic rings. The summed E-state index contributed by atoms with van der Waals surface area (Å²) in [4.78, 5) is 4.80. The molecule has 0 fully saturated rings. The van der Waals surface area contributed by atoms with E-state index in [1.165, 1.54) is 11.1 Å². The van der Waals surface area contributed by atoms with Crippen LogP contribution >= 0.6 is 0 Å². The van der Waals surface area contributed by atoms with Gasteiger partial charge in [-0.25, -0.2) is 4.98 Å². The summed E-state index contributed by atoms with van der Waals surface area (Å²) in [5.41, 5.74) is 4.61. The number of para-hydroxylation sites is 2. The average molecular weight is 368 g/mol. The van der Waals surface area contributed by atoms with Crippen molar-refractivity contribution in [3.63, 3.8) is 0 Å². The zero-order chi connectivity index (χ0) is 19.2. The molecule has 0 aliphatic carbocycles. The average Bonchev–Trinajstić information content (AvgIpc) is 2.98. The first kappa shape index (κ1) is 19.2. The molecule has 0 amide bonds. The van der Waals surface area contributed by atoms with Gasteiger partial charge in [-0.2, -0.15) is 0 Å².